The molecule has 0 fully saturated rings. The third kappa shape index (κ3) is 1.69. The predicted octanol–water partition coefficient (Wildman–Crippen LogP) is 0.662. The first-order valence-corrected chi connectivity index (χ1v) is 3.63. The van der Waals surface area contributed by atoms with Gasteiger partial charge in [-0.15, -0.1) is 10.2 Å². The number of hydrogen-bond donors (Lipinski definition) is 1. The van der Waals surface area contributed by atoms with Gasteiger partial charge in [-0.05, 0) is 5.37 Å². The Labute approximate surface area is 61.9 Å². The summed E-state index contributed by atoms with van der Waals surface area (Å²) in [4.78, 5) is 0. The molecule has 0 aliphatic carbocycles. The van der Waals surface area contributed by atoms with E-state index in [1.807, 2.05) is 0 Å². The summed E-state index contributed by atoms with van der Waals surface area (Å²) >= 11 is 5.99. The molecule has 3 nitrogen and oxygen atoms in total. The second-order valence-corrected chi connectivity index (χ2v) is 2.83. The Hall–Kier alpha value is -0.550. The Morgan fingerprint density at radius 3 is 2.89 bits per heavy atom. The number of rotatable bonds is 2. The SMILES string of the molecule is Nc1nnc(CC=S)s1. The van der Waals surface area contributed by atoms with Crippen molar-refractivity contribution in [3.63, 3.8) is 0 Å². The van der Waals surface area contributed by atoms with Gasteiger partial charge in [0.05, 0.1) is 0 Å². The van der Waals surface area contributed by atoms with E-state index in [0.29, 0.717) is 11.6 Å². The monoisotopic (exact) mass is 159 g/mol. The first kappa shape index (κ1) is 6.57. The zero-order chi connectivity index (χ0) is 6.69. The summed E-state index contributed by atoms with van der Waals surface area (Å²) in [5.74, 6) is 0. The first-order valence-electron chi connectivity index (χ1n) is 2.34. The minimum atomic E-state index is 0.502. The van der Waals surface area contributed by atoms with Crippen LogP contribution in [0.1, 0.15) is 5.01 Å². The highest BCUT2D eigenvalue weighted by atomic mass is 32.1. The lowest BCUT2D eigenvalue weighted by molar-refractivity contribution is 1.04. The van der Waals surface area contributed by atoms with Crippen LogP contribution in [-0.4, -0.2) is 15.6 Å². The van der Waals surface area contributed by atoms with Crippen molar-refractivity contribution in [3.05, 3.63) is 5.01 Å². The Bertz CT molecular complexity index is 207. The molecule has 0 saturated heterocycles. The fourth-order valence-corrected chi connectivity index (χ4v) is 1.26. The van der Waals surface area contributed by atoms with Crippen LogP contribution in [0.25, 0.3) is 0 Å². The summed E-state index contributed by atoms with van der Waals surface area (Å²) in [7, 11) is 0. The lowest BCUT2D eigenvalue weighted by Gasteiger charge is -1.77. The molecule has 0 unspecified atom stereocenters. The fraction of sp³-hybridized carbons (Fsp3) is 0.250. The molecule has 2 N–H and O–H groups in total. The molecule has 0 aromatic carbocycles. The summed E-state index contributed by atoms with van der Waals surface area (Å²) in [6.45, 7) is 0. The molecule has 1 rings (SSSR count). The van der Waals surface area contributed by atoms with E-state index in [1.165, 1.54) is 11.3 Å². The van der Waals surface area contributed by atoms with Crippen LogP contribution in [0.3, 0.4) is 0 Å². The maximum absolute atomic E-state index is 5.31. The van der Waals surface area contributed by atoms with E-state index in [9.17, 15) is 0 Å². The lowest BCUT2D eigenvalue weighted by Crippen LogP contribution is -1.82. The highest BCUT2D eigenvalue weighted by Crippen LogP contribution is 2.09. The normalized spacial score (nSPS) is 9.33. The van der Waals surface area contributed by atoms with Gasteiger partial charge in [-0.3, -0.25) is 0 Å². The minimum absolute atomic E-state index is 0.502. The number of aromatic nitrogens is 2. The molecule has 1 aromatic heterocycles. The standard InChI is InChI=1S/C4H5N3S2/c5-4-7-6-3(9-4)1-2-8/h2H,1H2,(H2,5,7). The summed E-state index contributed by atoms with van der Waals surface area (Å²) in [6, 6.07) is 0. The maximum atomic E-state index is 5.31. The molecule has 0 saturated carbocycles. The van der Waals surface area contributed by atoms with Crippen LogP contribution in [-0.2, 0) is 6.42 Å². The minimum Gasteiger partial charge on any atom is -0.374 e. The highest BCUT2D eigenvalue weighted by Gasteiger charge is 1.95. The largest absolute Gasteiger partial charge is 0.374 e. The molecule has 0 aliphatic rings. The number of nitrogens with two attached hydrogens (primary N) is 1. The van der Waals surface area contributed by atoms with Gasteiger partial charge in [0, 0.05) is 6.42 Å². The van der Waals surface area contributed by atoms with Gasteiger partial charge >= 0.3 is 0 Å². The van der Waals surface area contributed by atoms with Gasteiger partial charge in [0.2, 0.25) is 5.13 Å². The van der Waals surface area contributed by atoms with Crippen molar-refractivity contribution in [1.29, 1.82) is 0 Å². The van der Waals surface area contributed by atoms with Crippen LogP contribution in [0.5, 0.6) is 0 Å². The van der Waals surface area contributed by atoms with Crippen molar-refractivity contribution >= 4 is 34.1 Å². The van der Waals surface area contributed by atoms with Crippen LogP contribution >= 0.6 is 23.6 Å². The maximum Gasteiger partial charge on any atom is 0.203 e. The van der Waals surface area contributed by atoms with E-state index in [0.717, 1.165) is 5.01 Å². The summed E-state index contributed by atoms with van der Waals surface area (Å²) in [6.07, 6.45) is 0.685. The Kier molecular flexibility index (Phi) is 2.07. The number of anilines is 1. The molecular weight excluding hydrogens is 154 g/mol. The van der Waals surface area contributed by atoms with Crippen LogP contribution in [0.15, 0.2) is 0 Å². The molecule has 5 heteroatoms. The van der Waals surface area contributed by atoms with Crippen molar-refractivity contribution in [2.24, 2.45) is 0 Å². The molecule has 0 atom stereocenters. The summed E-state index contributed by atoms with van der Waals surface area (Å²) in [5, 5.41) is 10.4. The van der Waals surface area contributed by atoms with Gasteiger partial charge in [-0.2, -0.15) is 0 Å². The van der Waals surface area contributed by atoms with E-state index < -0.39 is 0 Å². The Balaban J connectivity index is 2.72. The first-order chi connectivity index (χ1) is 4.33. The number of hydrogen-bond acceptors (Lipinski definition) is 5. The topological polar surface area (TPSA) is 51.8 Å². The quantitative estimate of drug-likeness (QED) is 0.644. The molecular formula is C4H5N3S2. The molecule has 0 bridgehead atoms. The van der Waals surface area contributed by atoms with E-state index in [2.05, 4.69) is 22.4 Å². The van der Waals surface area contributed by atoms with E-state index >= 15 is 0 Å². The van der Waals surface area contributed by atoms with Gasteiger partial charge in [-0.25, -0.2) is 0 Å². The third-order valence-electron chi connectivity index (χ3n) is 0.740. The lowest BCUT2D eigenvalue weighted by atomic mass is 10.5. The van der Waals surface area contributed by atoms with Crippen LogP contribution in [0, 0.1) is 0 Å². The van der Waals surface area contributed by atoms with Gasteiger partial charge in [-0.1, -0.05) is 23.6 Å². The van der Waals surface area contributed by atoms with Gasteiger partial charge in [0.15, 0.2) is 0 Å². The molecule has 48 valence electrons. The van der Waals surface area contributed by atoms with Crippen LogP contribution < -0.4 is 5.73 Å². The van der Waals surface area contributed by atoms with Crippen molar-refractivity contribution in [1.82, 2.24) is 10.2 Å². The molecule has 1 aromatic rings. The smallest absolute Gasteiger partial charge is 0.203 e. The van der Waals surface area contributed by atoms with E-state index in [1.54, 1.807) is 5.37 Å². The summed E-state index contributed by atoms with van der Waals surface area (Å²) in [5.41, 5.74) is 5.31. The van der Waals surface area contributed by atoms with E-state index in [4.69, 9.17) is 5.73 Å². The second-order valence-electron chi connectivity index (χ2n) is 1.40. The Morgan fingerprint density at radius 1 is 1.67 bits per heavy atom. The molecule has 9 heavy (non-hydrogen) atoms. The van der Waals surface area contributed by atoms with Crippen molar-refractivity contribution < 1.29 is 0 Å². The Morgan fingerprint density at radius 2 is 2.44 bits per heavy atom. The molecule has 0 radical (unpaired) electrons. The molecule has 0 amide bonds. The average Bonchev–Trinajstić information content (AvgIpc) is 2.17. The average molecular weight is 159 g/mol. The zero-order valence-corrected chi connectivity index (χ0v) is 6.21. The molecule has 0 aliphatic heterocycles. The zero-order valence-electron chi connectivity index (χ0n) is 4.57. The van der Waals surface area contributed by atoms with E-state index in [-0.39, 0.29) is 0 Å². The van der Waals surface area contributed by atoms with Crippen molar-refractivity contribution in [2.45, 2.75) is 6.42 Å². The third-order valence-corrected chi connectivity index (χ3v) is 1.68. The van der Waals surface area contributed by atoms with Crippen molar-refractivity contribution in [2.75, 3.05) is 5.73 Å². The van der Waals surface area contributed by atoms with Gasteiger partial charge in [0.25, 0.3) is 0 Å². The molecule has 1 heterocycles. The van der Waals surface area contributed by atoms with Gasteiger partial charge in [0.1, 0.15) is 5.01 Å². The van der Waals surface area contributed by atoms with Crippen LogP contribution in [0.2, 0.25) is 0 Å². The van der Waals surface area contributed by atoms with Crippen molar-refractivity contribution in [3.8, 4) is 0 Å². The number of thiocarbonyl (C=S) groups is 1. The second kappa shape index (κ2) is 2.84. The fourth-order valence-electron chi connectivity index (χ4n) is 0.420. The highest BCUT2D eigenvalue weighted by molar-refractivity contribution is 7.79. The molecule has 0 spiro atoms. The number of nitrogens with zero attached hydrogens (tertiary/aromatic N) is 2. The summed E-state index contributed by atoms with van der Waals surface area (Å²) < 4.78 is 0. The predicted molar refractivity (Wildman–Crippen MR) is 41.7 cm³/mol. The van der Waals surface area contributed by atoms with Gasteiger partial charge < -0.3 is 5.73 Å². The number of nitrogen functional groups attached to an aromatic ring is 1. The van der Waals surface area contributed by atoms with Crippen LogP contribution in [0.4, 0.5) is 5.13 Å².